The molecule has 6 heteroatoms. The maximum absolute atomic E-state index is 9.60. The van der Waals surface area contributed by atoms with Crippen molar-refractivity contribution in [3.05, 3.63) is 24.3 Å². The highest BCUT2D eigenvalue weighted by atomic mass is 16.5. The average Bonchev–Trinajstić information content (AvgIpc) is 2.85. The van der Waals surface area contributed by atoms with Crippen molar-refractivity contribution < 1.29 is 30.0 Å². The van der Waals surface area contributed by atoms with Crippen LogP contribution in [0.1, 0.15) is 162 Å². The van der Waals surface area contributed by atoms with Crippen LogP contribution in [0.3, 0.4) is 0 Å². The molecule has 0 rings (SSSR count). The van der Waals surface area contributed by atoms with Crippen LogP contribution in [0.25, 0.3) is 0 Å². The monoisotopic (exact) mass is 542 g/mol. The lowest BCUT2D eigenvalue weighted by Gasteiger charge is -2.04. The van der Waals surface area contributed by atoms with Crippen molar-refractivity contribution in [2.45, 2.75) is 168 Å². The highest BCUT2D eigenvalue weighted by Crippen LogP contribution is 2.15. The minimum absolute atomic E-state index is 0.176. The summed E-state index contributed by atoms with van der Waals surface area (Å²) in [5.74, 6) is -1.87. The van der Waals surface area contributed by atoms with Gasteiger partial charge in [0, 0.05) is 11.1 Å². The van der Waals surface area contributed by atoms with Crippen molar-refractivity contribution in [1.29, 1.82) is 0 Å². The number of aliphatic carboxylic acids is 2. The molecule has 6 nitrogen and oxygen atoms in total. The molecule has 0 bridgehead atoms. The van der Waals surface area contributed by atoms with E-state index in [1.54, 1.807) is 0 Å². The van der Waals surface area contributed by atoms with E-state index in [1.807, 2.05) is 0 Å². The number of hydrogen-bond donors (Lipinski definition) is 4. The van der Waals surface area contributed by atoms with Gasteiger partial charge in [-0.15, -0.1) is 0 Å². The van der Waals surface area contributed by atoms with Gasteiger partial charge in [-0.3, -0.25) is 0 Å². The largest absolute Gasteiger partial charge is 0.478 e. The Kier molecular flexibility index (Phi) is 35.9. The molecule has 38 heavy (non-hydrogen) atoms. The Bertz CT molecular complexity index is 508. The number of unbranched alkanes of at least 4 members (excludes halogenated alkanes) is 20. The van der Waals surface area contributed by atoms with Gasteiger partial charge in [0.25, 0.3) is 0 Å². The Morgan fingerprint density at radius 3 is 0.842 bits per heavy atom. The van der Waals surface area contributed by atoms with Crippen LogP contribution in [0.15, 0.2) is 24.3 Å². The van der Waals surface area contributed by atoms with E-state index in [0.29, 0.717) is 6.42 Å². The Balaban J connectivity index is -0.000000839. The first-order valence-corrected chi connectivity index (χ1v) is 15.2. The summed E-state index contributed by atoms with van der Waals surface area (Å²) in [7, 11) is 0. The van der Waals surface area contributed by atoms with Crippen molar-refractivity contribution in [1.82, 2.24) is 0 Å². The van der Waals surface area contributed by atoms with Gasteiger partial charge >= 0.3 is 11.9 Å². The lowest BCUT2D eigenvalue weighted by Crippen LogP contribution is -2.02. The van der Waals surface area contributed by atoms with Gasteiger partial charge in [-0.25, -0.2) is 9.59 Å². The van der Waals surface area contributed by atoms with E-state index in [4.69, 9.17) is 20.4 Å². The van der Waals surface area contributed by atoms with Crippen LogP contribution in [0.5, 0.6) is 0 Å². The number of carboxylic acid groups (broad SMARTS) is 2. The minimum atomic E-state index is -1.10. The van der Waals surface area contributed by atoms with Crippen LogP contribution in [0.4, 0.5) is 0 Å². The second-order valence-corrected chi connectivity index (χ2v) is 10.5. The third-order valence-electron chi connectivity index (χ3n) is 6.30. The quantitative estimate of drug-likeness (QED) is 0.0549. The predicted octanol–water partition coefficient (Wildman–Crippen LogP) is 9.19. The molecule has 0 fully saturated rings. The molecule has 0 atom stereocenters. The van der Waals surface area contributed by atoms with Gasteiger partial charge in [0.1, 0.15) is 0 Å². The molecule has 0 aromatic carbocycles. The van der Waals surface area contributed by atoms with Gasteiger partial charge in [-0.05, 0) is 26.7 Å². The number of aliphatic hydroxyl groups is 2. The zero-order valence-electron chi connectivity index (χ0n) is 25.2. The van der Waals surface area contributed by atoms with Crippen molar-refractivity contribution in [2.24, 2.45) is 0 Å². The summed E-state index contributed by atoms with van der Waals surface area (Å²) in [6.45, 7) is 11.5. The molecule has 0 saturated heterocycles. The molecule has 0 heterocycles. The average molecular weight is 543 g/mol. The fourth-order valence-electron chi connectivity index (χ4n) is 3.76. The molecule has 0 aromatic rings. The summed E-state index contributed by atoms with van der Waals surface area (Å²) < 4.78 is 0. The number of carboxylic acids is 2. The number of hydrogen-bond acceptors (Lipinski definition) is 4. The first-order valence-electron chi connectivity index (χ1n) is 15.2. The molecule has 0 unspecified atom stereocenters. The van der Waals surface area contributed by atoms with Gasteiger partial charge in [0.15, 0.2) is 6.29 Å². The molecule has 0 radical (unpaired) electrons. The SMILES string of the molecule is C=C(C)C(=O)O.C=C(C)C(=O)O.CCCCCCCCCCCCCCCCCCCCCCCC(O)O. The maximum Gasteiger partial charge on any atom is 0.330 e. The molecular weight excluding hydrogens is 480 g/mol. The molecule has 0 aliphatic rings. The van der Waals surface area contributed by atoms with E-state index < -0.39 is 18.2 Å². The topological polar surface area (TPSA) is 115 Å². The second-order valence-electron chi connectivity index (χ2n) is 10.5. The Hall–Kier alpha value is -1.66. The number of rotatable bonds is 24. The molecule has 0 amide bonds. The highest BCUT2D eigenvalue weighted by Gasteiger charge is 1.98. The van der Waals surface area contributed by atoms with E-state index in [9.17, 15) is 9.59 Å². The zero-order chi connectivity index (χ0) is 29.4. The molecule has 0 saturated carbocycles. The Labute approximate surface area is 234 Å². The lowest BCUT2D eigenvalue weighted by atomic mass is 10.0. The van der Waals surface area contributed by atoms with Gasteiger partial charge in [0.05, 0.1) is 0 Å². The van der Waals surface area contributed by atoms with E-state index in [0.717, 1.165) is 12.8 Å². The first kappa shape index (κ1) is 40.8. The van der Waals surface area contributed by atoms with Gasteiger partial charge < -0.3 is 20.4 Å². The van der Waals surface area contributed by atoms with Gasteiger partial charge in [-0.1, -0.05) is 148 Å². The van der Waals surface area contributed by atoms with Crippen molar-refractivity contribution in [3.63, 3.8) is 0 Å². The van der Waals surface area contributed by atoms with Crippen LogP contribution in [-0.4, -0.2) is 38.7 Å². The van der Waals surface area contributed by atoms with Crippen molar-refractivity contribution >= 4 is 11.9 Å². The summed E-state index contributed by atoms with van der Waals surface area (Å²) in [5, 5.41) is 33.3. The fraction of sp³-hybridized carbons (Fsp3) is 0.812. The normalized spacial score (nSPS) is 10.3. The van der Waals surface area contributed by atoms with E-state index in [1.165, 1.54) is 136 Å². The van der Waals surface area contributed by atoms with E-state index in [-0.39, 0.29) is 11.1 Å². The molecule has 0 aromatic heterocycles. The summed E-state index contributed by atoms with van der Waals surface area (Å²) in [6.07, 6.45) is 28.5. The summed E-state index contributed by atoms with van der Waals surface area (Å²) in [6, 6.07) is 0. The Morgan fingerprint density at radius 1 is 0.500 bits per heavy atom. The van der Waals surface area contributed by atoms with Crippen molar-refractivity contribution in [2.75, 3.05) is 0 Å². The fourth-order valence-corrected chi connectivity index (χ4v) is 3.76. The first-order chi connectivity index (χ1) is 18.1. The second kappa shape index (κ2) is 33.4. The van der Waals surface area contributed by atoms with Crippen LogP contribution >= 0.6 is 0 Å². The third kappa shape index (κ3) is 44.3. The smallest absolute Gasteiger partial charge is 0.330 e. The summed E-state index contributed by atoms with van der Waals surface area (Å²) in [4.78, 5) is 19.2. The third-order valence-corrected chi connectivity index (χ3v) is 6.30. The Morgan fingerprint density at radius 2 is 0.684 bits per heavy atom. The predicted molar refractivity (Wildman–Crippen MR) is 160 cm³/mol. The summed E-state index contributed by atoms with van der Waals surface area (Å²) in [5.41, 5.74) is 0.352. The molecule has 0 spiro atoms. The maximum atomic E-state index is 9.60. The number of carbonyl (C=O) groups is 2. The van der Waals surface area contributed by atoms with Gasteiger partial charge in [0.2, 0.25) is 0 Å². The van der Waals surface area contributed by atoms with Gasteiger partial charge in [-0.2, -0.15) is 0 Å². The van der Waals surface area contributed by atoms with Crippen molar-refractivity contribution in [3.8, 4) is 0 Å². The van der Waals surface area contributed by atoms with E-state index in [2.05, 4.69) is 20.1 Å². The zero-order valence-corrected chi connectivity index (χ0v) is 25.2. The number of aliphatic hydroxyl groups excluding tert-OH is 1. The van der Waals surface area contributed by atoms with E-state index >= 15 is 0 Å². The highest BCUT2D eigenvalue weighted by molar-refractivity contribution is 5.85. The molecular formula is C32H62O6. The minimum Gasteiger partial charge on any atom is -0.478 e. The summed E-state index contributed by atoms with van der Waals surface area (Å²) >= 11 is 0. The van der Waals surface area contributed by atoms with Crippen LogP contribution < -0.4 is 0 Å². The van der Waals surface area contributed by atoms with Crippen LogP contribution in [-0.2, 0) is 9.59 Å². The molecule has 0 aliphatic carbocycles. The lowest BCUT2D eigenvalue weighted by molar-refractivity contribution is -0.133. The standard InChI is InChI=1S/C24H50O2.2C4H6O2/c1-2-3-4-5-6-7-8-9-10-11-12-13-14-15-16-17-18-19-20-21-22-23-24(25)26;2*1-3(2)4(5)6/h24-26H,2-23H2,1H3;2*1H2,2H3,(H,5,6). The molecule has 4 N–H and O–H groups in total. The van der Waals surface area contributed by atoms with Crippen LogP contribution in [0, 0.1) is 0 Å². The molecule has 226 valence electrons. The molecule has 0 aliphatic heterocycles. The van der Waals surface area contributed by atoms with Crippen LogP contribution in [0.2, 0.25) is 0 Å².